The number of piperazine rings is 1. The van der Waals surface area contributed by atoms with E-state index in [1.165, 1.54) is 30.8 Å². The lowest BCUT2D eigenvalue weighted by Crippen LogP contribution is -2.49. The van der Waals surface area contributed by atoms with Crippen molar-refractivity contribution < 1.29 is 0 Å². The molecule has 2 heteroatoms. The Morgan fingerprint density at radius 2 is 1.88 bits per heavy atom. The minimum Gasteiger partial charge on any atom is -0.369 e. The average molecular weight is 232 g/mol. The molecule has 0 radical (unpaired) electrons. The van der Waals surface area contributed by atoms with E-state index < -0.39 is 0 Å². The Hall–Kier alpha value is -1.02. The Morgan fingerprint density at radius 3 is 2.47 bits per heavy atom. The maximum Gasteiger partial charge on any atom is 0.0369 e. The van der Waals surface area contributed by atoms with Gasteiger partial charge in [-0.1, -0.05) is 19.1 Å². The molecule has 0 spiro atoms. The zero-order valence-electron chi connectivity index (χ0n) is 11.3. The molecule has 1 fully saturated rings. The number of aryl methyl sites for hydroxylation is 1. The van der Waals surface area contributed by atoms with Crippen LogP contribution in [0, 0.1) is 6.92 Å². The van der Waals surface area contributed by atoms with Gasteiger partial charge in [-0.05, 0) is 38.0 Å². The van der Waals surface area contributed by atoms with Crippen molar-refractivity contribution in [3.8, 4) is 0 Å². The largest absolute Gasteiger partial charge is 0.369 e. The molecule has 94 valence electrons. The van der Waals surface area contributed by atoms with Crippen LogP contribution in [0.5, 0.6) is 0 Å². The highest BCUT2D eigenvalue weighted by Gasteiger charge is 2.19. The van der Waals surface area contributed by atoms with Crippen LogP contribution in [0.25, 0.3) is 0 Å². The molecule has 0 bridgehead atoms. The summed E-state index contributed by atoms with van der Waals surface area (Å²) in [5.74, 6) is 0. The van der Waals surface area contributed by atoms with Gasteiger partial charge in [0.1, 0.15) is 0 Å². The Labute approximate surface area is 105 Å². The highest BCUT2D eigenvalue weighted by Crippen LogP contribution is 2.18. The van der Waals surface area contributed by atoms with Gasteiger partial charge in [-0.2, -0.15) is 0 Å². The van der Waals surface area contributed by atoms with E-state index in [0.717, 1.165) is 19.1 Å². The van der Waals surface area contributed by atoms with Crippen molar-refractivity contribution in [3.63, 3.8) is 0 Å². The monoisotopic (exact) mass is 232 g/mol. The average Bonchev–Trinajstić information content (AvgIpc) is 2.38. The number of nitrogens with zero attached hydrogens (tertiary/aromatic N) is 2. The molecule has 1 aliphatic heterocycles. The summed E-state index contributed by atoms with van der Waals surface area (Å²) in [7, 11) is 0. The summed E-state index contributed by atoms with van der Waals surface area (Å²) in [6, 6.07) is 9.57. The molecule has 1 heterocycles. The van der Waals surface area contributed by atoms with Gasteiger partial charge in [0.25, 0.3) is 0 Å². The van der Waals surface area contributed by atoms with Crippen LogP contribution in [-0.4, -0.2) is 37.1 Å². The standard InChI is InChI=1S/C15H24N2/c1-4-14(3)16-8-10-17(11-9-16)15-7-5-6-13(2)12-15/h5-7,12,14H,4,8-11H2,1-3H3. The fraction of sp³-hybridized carbons (Fsp3) is 0.600. The highest BCUT2D eigenvalue weighted by molar-refractivity contribution is 5.48. The molecule has 0 saturated carbocycles. The van der Waals surface area contributed by atoms with E-state index in [4.69, 9.17) is 0 Å². The van der Waals surface area contributed by atoms with Crippen molar-refractivity contribution in [2.45, 2.75) is 33.2 Å². The minimum atomic E-state index is 0.731. The molecular weight excluding hydrogens is 208 g/mol. The van der Waals surface area contributed by atoms with E-state index in [0.29, 0.717) is 0 Å². The van der Waals surface area contributed by atoms with Crippen LogP contribution in [0.3, 0.4) is 0 Å². The summed E-state index contributed by atoms with van der Waals surface area (Å²) in [4.78, 5) is 5.11. The molecule has 2 nitrogen and oxygen atoms in total. The Morgan fingerprint density at radius 1 is 1.18 bits per heavy atom. The van der Waals surface area contributed by atoms with Crippen LogP contribution in [0.1, 0.15) is 25.8 Å². The lowest BCUT2D eigenvalue weighted by atomic mass is 10.1. The molecule has 0 aliphatic carbocycles. The minimum absolute atomic E-state index is 0.731. The molecule has 1 saturated heterocycles. The lowest BCUT2D eigenvalue weighted by molar-refractivity contribution is 0.193. The van der Waals surface area contributed by atoms with E-state index in [1.807, 2.05) is 0 Å². The molecule has 1 aromatic carbocycles. The Bertz CT molecular complexity index is 354. The maximum absolute atomic E-state index is 2.60. The van der Waals surface area contributed by atoms with Crippen molar-refractivity contribution in [2.24, 2.45) is 0 Å². The highest BCUT2D eigenvalue weighted by atomic mass is 15.3. The molecule has 0 aromatic heterocycles. The summed E-state index contributed by atoms with van der Waals surface area (Å²) in [5, 5.41) is 0. The summed E-state index contributed by atoms with van der Waals surface area (Å²) >= 11 is 0. The molecule has 1 aliphatic rings. The van der Waals surface area contributed by atoms with Gasteiger partial charge in [0.2, 0.25) is 0 Å². The first-order valence-electron chi connectivity index (χ1n) is 6.76. The van der Waals surface area contributed by atoms with Crippen molar-refractivity contribution in [3.05, 3.63) is 29.8 Å². The van der Waals surface area contributed by atoms with E-state index in [9.17, 15) is 0 Å². The summed E-state index contributed by atoms with van der Waals surface area (Å²) in [6.45, 7) is 11.5. The van der Waals surface area contributed by atoms with Crippen LogP contribution in [0.4, 0.5) is 5.69 Å². The molecule has 1 unspecified atom stereocenters. The number of hydrogen-bond donors (Lipinski definition) is 0. The van der Waals surface area contributed by atoms with E-state index in [1.54, 1.807) is 0 Å². The quantitative estimate of drug-likeness (QED) is 0.790. The lowest BCUT2D eigenvalue weighted by Gasteiger charge is -2.39. The van der Waals surface area contributed by atoms with Crippen molar-refractivity contribution in [1.29, 1.82) is 0 Å². The second kappa shape index (κ2) is 5.54. The third-order valence-electron chi connectivity index (χ3n) is 3.90. The molecular formula is C15H24N2. The number of rotatable bonds is 3. The SMILES string of the molecule is CCC(C)N1CCN(c2cccc(C)c2)CC1. The summed E-state index contributed by atoms with van der Waals surface area (Å²) in [5.41, 5.74) is 2.74. The maximum atomic E-state index is 2.60. The van der Waals surface area contributed by atoms with Gasteiger partial charge < -0.3 is 4.90 Å². The Kier molecular flexibility index (Phi) is 4.06. The number of hydrogen-bond acceptors (Lipinski definition) is 2. The first kappa shape index (κ1) is 12.4. The zero-order chi connectivity index (χ0) is 12.3. The van der Waals surface area contributed by atoms with Crippen LogP contribution in [0.2, 0.25) is 0 Å². The fourth-order valence-corrected chi connectivity index (χ4v) is 2.50. The second-order valence-electron chi connectivity index (χ2n) is 5.12. The first-order chi connectivity index (χ1) is 8.20. The number of anilines is 1. The van der Waals surface area contributed by atoms with E-state index in [-0.39, 0.29) is 0 Å². The van der Waals surface area contributed by atoms with E-state index in [2.05, 4.69) is 54.8 Å². The summed E-state index contributed by atoms with van der Waals surface area (Å²) < 4.78 is 0. The first-order valence-corrected chi connectivity index (χ1v) is 6.76. The third kappa shape index (κ3) is 3.01. The second-order valence-corrected chi connectivity index (χ2v) is 5.12. The van der Waals surface area contributed by atoms with Gasteiger partial charge in [0, 0.05) is 37.9 Å². The van der Waals surface area contributed by atoms with E-state index >= 15 is 0 Å². The van der Waals surface area contributed by atoms with Crippen molar-refractivity contribution in [2.75, 3.05) is 31.1 Å². The van der Waals surface area contributed by atoms with Gasteiger partial charge in [0.05, 0.1) is 0 Å². The molecule has 2 rings (SSSR count). The third-order valence-corrected chi connectivity index (χ3v) is 3.90. The molecule has 1 aromatic rings. The van der Waals surface area contributed by atoms with Gasteiger partial charge in [-0.15, -0.1) is 0 Å². The van der Waals surface area contributed by atoms with Crippen LogP contribution < -0.4 is 4.90 Å². The van der Waals surface area contributed by atoms with Crippen LogP contribution in [0.15, 0.2) is 24.3 Å². The van der Waals surface area contributed by atoms with Crippen LogP contribution in [-0.2, 0) is 0 Å². The number of benzene rings is 1. The van der Waals surface area contributed by atoms with Gasteiger partial charge in [-0.3, -0.25) is 4.90 Å². The normalized spacial score (nSPS) is 19.4. The molecule has 0 amide bonds. The predicted molar refractivity (Wildman–Crippen MR) is 74.7 cm³/mol. The molecule has 17 heavy (non-hydrogen) atoms. The van der Waals surface area contributed by atoms with Gasteiger partial charge in [-0.25, -0.2) is 0 Å². The predicted octanol–water partition coefficient (Wildman–Crippen LogP) is 2.92. The topological polar surface area (TPSA) is 6.48 Å². The molecule has 0 N–H and O–H groups in total. The zero-order valence-corrected chi connectivity index (χ0v) is 11.3. The molecule has 1 atom stereocenters. The van der Waals surface area contributed by atoms with Crippen molar-refractivity contribution in [1.82, 2.24) is 4.90 Å². The Balaban J connectivity index is 1.95. The van der Waals surface area contributed by atoms with Gasteiger partial charge in [0.15, 0.2) is 0 Å². The van der Waals surface area contributed by atoms with Crippen molar-refractivity contribution >= 4 is 5.69 Å². The summed E-state index contributed by atoms with van der Waals surface area (Å²) in [6.07, 6.45) is 1.25. The fourth-order valence-electron chi connectivity index (χ4n) is 2.50. The smallest absolute Gasteiger partial charge is 0.0369 e. The van der Waals surface area contributed by atoms with Gasteiger partial charge >= 0.3 is 0 Å². The van der Waals surface area contributed by atoms with Crippen LogP contribution >= 0.6 is 0 Å².